The first-order chi connectivity index (χ1) is 9.94. The lowest BCUT2D eigenvalue weighted by Crippen LogP contribution is -2.45. The van der Waals surface area contributed by atoms with Crippen molar-refractivity contribution in [3.8, 4) is 0 Å². The van der Waals surface area contributed by atoms with E-state index in [2.05, 4.69) is 0 Å². The fourth-order valence-corrected chi connectivity index (χ4v) is 2.27. The number of rotatable bonds is 5. The Morgan fingerprint density at radius 3 is 1.90 bits per heavy atom. The smallest absolute Gasteiger partial charge is 0.336 e. The fourth-order valence-electron chi connectivity index (χ4n) is 2.27. The maximum atomic E-state index is 12.7. The molecule has 2 aromatic carbocycles. The van der Waals surface area contributed by atoms with Crippen molar-refractivity contribution in [3.05, 3.63) is 71.8 Å². The van der Waals surface area contributed by atoms with Gasteiger partial charge in [-0.25, -0.2) is 4.79 Å². The van der Waals surface area contributed by atoms with E-state index in [0.717, 1.165) is 6.92 Å². The molecule has 4 heteroatoms. The Kier molecular flexibility index (Phi) is 4.19. The van der Waals surface area contributed by atoms with E-state index >= 15 is 0 Å². The van der Waals surface area contributed by atoms with Gasteiger partial charge < -0.3 is 10.2 Å². The van der Waals surface area contributed by atoms with Gasteiger partial charge in [0.15, 0.2) is 11.4 Å². The molecule has 2 aromatic rings. The maximum absolute atomic E-state index is 12.7. The second kappa shape index (κ2) is 5.89. The van der Waals surface area contributed by atoms with Gasteiger partial charge in [0.25, 0.3) is 0 Å². The molecule has 0 aliphatic carbocycles. The molecule has 0 amide bonds. The van der Waals surface area contributed by atoms with Crippen LogP contribution in [0.4, 0.5) is 0 Å². The highest BCUT2D eigenvalue weighted by Crippen LogP contribution is 2.32. The number of benzene rings is 2. The predicted octanol–water partition coefficient (Wildman–Crippen LogP) is 2.49. The summed E-state index contributed by atoms with van der Waals surface area (Å²) in [6.45, 7) is 1.15. The Morgan fingerprint density at radius 2 is 1.43 bits per heavy atom. The van der Waals surface area contributed by atoms with Gasteiger partial charge >= 0.3 is 5.97 Å². The summed E-state index contributed by atoms with van der Waals surface area (Å²) >= 11 is 0. The first kappa shape index (κ1) is 14.9. The number of carboxylic acid groups (broad SMARTS) is 1. The zero-order valence-electron chi connectivity index (χ0n) is 11.6. The van der Waals surface area contributed by atoms with Crippen LogP contribution in [0.5, 0.6) is 0 Å². The molecule has 0 aliphatic heterocycles. The van der Waals surface area contributed by atoms with Crippen molar-refractivity contribution in [2.24, 2.45) is 0 Å². The Balaban J connectivity index is 2.52. The van der Waals surface area contributed by atoms with Gasteiger partial charge in [0.1, 0.15) is 0 Å². The molecule has 0 aliphatic rings. The van der Waals surface area contributed by atoms with E-state index in [1.807, 2.05) is 0 Å². The van der Waals surface area contributed by atoms with Crippen molar-refractivity contribution in [2.45, 2.75) is 18.4 Å². The molecular formula is C17H16O4. The van der Waals surface area contributed by atoms with Gasteiger partial charge in [-0.15, -0.1) is 0 Å². The van der Waals surface area contributed by atoms with E-state index in [9.17, 15) is 19.8 Å². The third-order valence-electron chi connectivity index (χ3n) is 3.45. The number of hydrogen-bond acceptors (Lipinski definition) is 3. The van der Waals surface area contributed by atoms with E-state index in [-0.39, 0.29) is 0 Å². The zero-order chi connectivity index (χ0) is 15.5. The highest BCUT2D eigenvalue weighted by molar-refractivity contribution is 6.04. The monoisotopic (exact) mass is 284 g/mol. The second-order valence-corrected chi connectivity index (χ2v) is 5.03. The molecule has 108 valence electrons. The molecule has 0 spiro atoms. The molecule has 0 fully saturated rings. The lowest BCUT2D eigenvalue weighted by Gasteiger charge is -2.28. The van der Waals surface area contributed by atoms with Crippen molar-refractivity contribution in [3.63, 3.8) is 0 Å². The third-order valence-corrected chi connectivity index (χ3v) is 3.45. The molecule has 2 atom stereocenters. The Bertz CT molecular complexity index is 632. The van der Waals surface area contributed by atoms with Gasteiger partial charge in [0, 0.05) is 5.56 Å². The van der Waals surface area contributed by atoms with Crippen molar-refractivity contribution in [1.82, 2.24) is 0 Å². The summed E-state index contributed by atoms with van der Waals surface area (Å²) in [5.74, 6) is -3.02. The number of carbonyl (C=O) groups is 2. The molecule has 0 saturated carbocycles. The molecule has 2 rings (SSSR count). The van der Waals surface area contributed by atoms with Crippen molar-refractivity contribution in [2.75, 3.05) is 0 Å². The molecule has 0 radical (unpaired) electrons. The number of Topliss-reactive ketones (excluding diaryl/α,β-unsaturated/α-hetero) is 1. The van der Waals surface area contributed by atoms with Crippen molar-refractivity contribution in [1.29, 1.82) is 0 Å². The molecule has 21 heavy (non-hydrogen) atoms. The summed E-state index contributed by atoms with van der Waals surface area (Å²) in [6.07, 6.45) is 0. The lowest BCUT2D eigenvalue weighted by atomic mass is 9.78. The summed E-state index contributed by atoms with van der Waals surface area (Å²) < 4.78 is 0. The molecule has 0 heterocycles. The molecule has 0 saturated heterocycles. The van der Waals surface area contributed by atoms with Crippen LogP contribution in [0.2, 0.25) is 0 Å². The van der Waals surface area contributed by atoms with Gasteiger partial charge in [0.2, 0.25) is 0 Å². The normalized spacial score (nSPS) is 15.0. The van der Waals surface area contributed by atoms with E-state index in [0.29, 0.717) is 11.1 Å². The summed E-state index contributed by atoms with van der Waals surface area (Å²) in [6, 6.07) is 16.8. The SMILES string of the molecule is CC(O)(C(=O)O)C(C(=O)c1ccccc1)c1ccccc1. The number of hydrogen-bond donors (Lipinski definition) is 2. The van der Waals surface area contributed by atoms with E-state index in [4.69, 9.17) is 0 Å². The standard InChI is InChI=1S/C17H16O4/c1-17(21,16(19)20)14(12-8-4-2-5-9-12)15(18)13-10-6-3-7-11-13/h2-11,14,21H,1H3,(H,19,20). The number of aliphatic hydroxyl groups is 1. The molecule has 0 bridgehead atoms. The minimum atomic E-state index is -2.19. The number of carbonyl (C=O) groups excluding carboxylic acids is 1. The summed E-state index contributed by atoms with van der Waals surface area (Å²) in [4.78, 5) is 24.0. The quantitative estimate of drug-likeness (QED) is 0.827. The number of carboxylic acids is 1. The summed E-state index contributed by atoms with van der Waals surface area (Å²) in [7, 11) is 0. The van der Waals surface area contributed by atoms with Gasteiger partial charge in [-0.1, -0.05) is 60.7 Å². The second-order valence-electron chi connectivity index (χ2n) is 5.03. The molecule has 4 nitrogen and oxygen atoms in total. The Hall–Kier alpha value is -2.46. The predicted molar refractivity (Wildman–Crippen MR) is 78.2 cm³/mol. The van der Waals surface area contributed by atoms with Crippen LogP contribution in [-0.4, -0.2) is 27.6 Å². The highest BCUT2D eigenvalue weighted by atomic mass is 16.4. The van der Waals surface area contributed by atoms with Crippen molar-refractivity contribution >= 4 is 11.8 Å². The van der Waals surface area contributed by atoms with Gasteiger partial charge in [0.05, 0.1) is 5.92 Å². The van der Waals surface area contributed by atoms with E-state index in [1.165, 1.54) is 0 Å². The average molecular weight is 284 g/mol. The van der Waals surface area contributed by atoms with Crippen molar-refractivity contribution < 1.29 is 19.8 Å². The first-order valence-corrected chi connectivity index (χ1v) is 6.54. The lowest BCUT2D eigenvalue weighted by molar-refractivity contribution is -0.157. The van der Waals surface area contributed by atoms with Crippen LogP contribution in [0, 0.1) is 0 Å². The van der Waals surface area contributed by atoms with Crippen LogP contribution in [0.15, 0.2) is 60.7 Å². The van der Waals surface area contributed by atoms with Crippen LogP contribution in [0.25, 0.3) is 0 Å². The van der Waals surface area contributed by atoms with Gasteiger partial charge in [-0.2, -0.15) is 0 Å². The first-order valence-electron chi connectivity index (χ1n) is 6.54. The van der Waals surface area contributed by atoms with E-state index < -0.39 is 23.3 Å². The average Bonchev–Trinajstić information content (AvgIpc) is 2.49. The van der Waals surface area contributed by atoms with Gasteiger partial charge in [-0.3, -0.25) is 4.79 Å². The molecular weight excluding hydrogens is 268 g/mol. The molecule has 2 N–H and O–H groups in total. The Morgan fingerprint density at radius 1 is 0.952 bits per heavy atom. The highest BCUT2D eigenvalue weighted by Gasteiger charge is 2.44. The number of ketones is 1. The minimum absolute atomic E-state index is 0.368. The zero-order valence-corrected chi connectivity index (χ0v) is 11.6. The topological polar surface area (TPSA) is 74.6 Å². The minimum Gasteiger partial charge on any atom is -0.479 e. The summed E-state index contributed by atoms with van der Waals surface area (Å²) in [5, 5.41) is 19.6. The van der Waals surface area contributed by atoms with E-state index in [1.54, 1.807) is 60.7 Å². The van der Waals surface area contributed by atoms with Crippen LogP contribution in [0.3, 0.4) is 0 Å². The third kappa shape index (κ3) is 3.01. The molecule has 2 unspecified atom stereocenters. The maximum Gasteiger partial charge on any atom is 0.336 e. The van der Waals surface area contributed by atoms with Crippen LogP contribution in [0.1, 0.15) is 28.8 Å². The largest absolute Gasteiger partial charge is 0.479 e. The fraction of sp³-hybridized carbons (Fsp3) is 0.176. The number of aliphatic carboxylic acids is 1. The van der Waals surface area contributed by atoms with Crippen LogP contribution < -0.4 is 0 Å². The van der Waals surface area contributed by atoms with Gasteiger partial charge in [-0.05, 0) is 12.5 Å². The van der Waals surface area contributed by atoms with Crippen LogP contribution >= 0.6 is 0 Å². The Labute approximate surface area is 122 Å². The summed E-state index contributed by atoms with van der Waals surface area (Å²) in [5.41, 5.74) is -1.35. The molecule has 0 aromatic heterocycles. The van der Waals surface area contributed by atoms with Crippen LogP contribution in [-0.2, 0) is 4.79 Å².